The molecule has 1 fully saturated rings. The predicted molar refractivity (Wildman–Crippen MR) is 60.7 cm³/mol. The van der Waals surface area contributed by atoms with Crippen LogP contribution in [0.1, 0.15) is 12.8 Å². The van der Waals surface area contributed by atoms with Crippen molar-refractivity contribution in [1.29, 1.82) is 0 Å². The molecule has 8 heteroatoms. The molecule has 90 valence electrons. The average molecular weight is 263 g/mol. The van der Waals surface area contributed by atoms with E-state index < -0.39 is 10.0 Å². The van der Waals surface area contributed by atoms with Crippen LogP contribution in [0.25, 0.3) is 0 Å². The van der Waals surface area contributed by atoms with Gasteiger partial charge in [0.15, 0.2) is 9.34 Å². The first-order valence-corrected chi connectivity index (χ1v) is 7.20. The third-order valence-corrected chi connectivity index (χ3v) is 5.00. The van der Waals surface area contributed by atoms with Gasteiger partial charge in [0, 0.05) is 13.2 Å². The molecule has 0 amide bonds. The van der Waals surface area contributed by atoms with Crippen LogP contribution < -0.4 is 10.5 Å². The van der Waals surface area contributed by atoms with Gasteiger partial charge < -0.3 is 10.5 Å². The van der Waals surface area contributed by atoms with Crippen molar-refractivity contribution in [3.63, 3.8) is 0 Å². The lowest BCUT2D eigenvalue weighted by atomic mass is 10.2. The SMILES string of the molecule is Nc1ncc(S(=O)(=O)NC[C@H]2CCCO2)s1. The molecule has 0 spiro atoms. The Morgan fingerprint density at radius 2 is 2.50 bits per heavy atom. The van der Waals surface area contributed by atoms with Crippen molar-refractivity contribution in [2.45, 2.75) is 23.2 Å². The fourth-order valence-corrected chi connectivity index (χ4v) is 3.50. The van der Waals surface area contributed by atoms with E-state index in [9.17, 15) is 8.42 Å². The summed E-state index contributed by atoms with van der Waals surface area (Å²) in [5, 5.41) is 0.248. The average Bonchev–Trinajstić information content (AvgIpc) is 2.85. The van der Waals surface area contributed by atoms with Crippen LogP contribution in [0.2, 0.25) is 0 Å². The zero-order valence-corrected chi connectivity index (χ0v) is 10.2. The second kappa shape index (κ2) is 4.66. The Morgan fingerprint density at radius 3 is 3.06 bits per heavy atom. The van der Waals surface area contributed by atoms with Gasteiger partial charge in [0.05, 0.1) is 12.3 Å². The smallest absolute Gasteiger partial charge is 0.251 e. The number of rotatable bonds is 4. The van der Waals surface area contributed by atoms with Crippen molar-refractivity contribution in [2.24, 2.45) is 0 Å². The summed E-state index contributed by atoms with van der Waals surface area (Å²) in [6.45, 7) is 1.01. The number of ether oxygens (including phenoxy) is 1. The Labute approximate surface area is 97.9 Å². The van der Waals surface area contributed by atoms with E-state index in [4.69, 9.17) is 10.5 Å². The standard InChI is InChI=1S/C8H13N3O3S2/c9-8-10-5-7(15-8)16(12,13)11-4-6-2-1-3-14-6/h5-6,11H,1-4H2,(H2,9,10)/t6-/m1/s1. The van der Waals surface area contributed by atoms with E-state index in [0.717, 1.165) is 24.2 Å². The molecule has 6 nitrogen and oxygen atoms in total. The zero-order valence-electron chi connectivity index (χ0n) is 8.55. The Hall–Kier alpha value is -0.700. The van der Waals surface area contributed by atoms with Crippen molar-refractivity contribution in [3.05, 3.63) is 6.20 Å². The summed E-state index contributed by atoms with van der Waals surface area (Å²) < 4.78 is 31.5. The number of nitrogens with two attached hydrogens (primary N) is 1. The van der Waals surface area contributed by atoms with Crippen molar-refractivity contribution in [1.82, 2.24) is 9.71 Å². The summed E-state index contributed by atoms with van der Waals surface area (Å²) in [5.41, 5.74) is 5.38. The maximum absolute atomic E-state index is 11.8. The predicted octanol–water partition coefficient (Wildman–Crippen LogP) is 0.183. The number of hydrogen-bond acceptors (Lipinski definition) is 6. The van der Waals surface area contributed by atoms with Gasteiger partial charge in [-0.1, -0.05) is 11.3 Å². The van der Waals surface area contributed by atoms with Crippen molar-refractivity contribution < 1.29 is 13.2 Å². The lowest BCUT2D eigenvalue weighted by molar-refractivity contribution is 0.114. The van der Waals surface area contributed by atoms with E-state index in [0.29, 0.717) is 13.2 Å². The number of anilines is 1. The van der Waals surface area contributed by atoms with Gasteiger partial charge in [-0.15, -0.1) is 0 Å². The highest BCUT2D eigenvalue weighted by Gasteiger charge is 2.21. The minimum atomic E-state index is -3.48. The van der Waals surface area contributed by atoms with Gasteiger partial charge in [-0.3, -0.25) is 0 Å². The van der Waals surface area contributed by atoms with Gasteiger partial charge in [0.25, 0.3) is 10.0 Å². The molecule has 0 radical (unpaired) electrons. The highest BCUT2D eigenvalue weighted by atomic mass is 32.2. The van der Waals surface area contributed by atoms with Gasteiger partial charge in [0.2, 0.25) is 0 Å². The summed E-state index contributed by atoms with van der Waals surface area (Å²) >= 11 is 0.953. The number of nitrogens with zero attached hydrogens (tertiary/aromatic N) is 1. The molecule has 2 heterocycles. The number of thiazole rings is 1. The molecule has 1 atom stereocenters. The lowest BCUT2D eigenvalue weighted by Gasteiger charge is -2.09. The van der Waals surface area contributed by atoms with Crippen molar-refractivity contribution in [2.75, 3.05) is 18.9 Å². The van der Waals surface area contributed by atoms with Crippen LogP contribution in [0.3, 0.4) is 0 Å². The summed E-state index contributed by atoms with van der Waals surface area (Å²) in [7, 11) is -3.48. The molecule has 1 aliphatic rings. The first kappa shape index (κ1) is 11.8. The minimum Gasteiger partial charge on any atom is -0.377 e. The third kappa shape index (κ3) is 2.70. The molecule has 3 N–H and O–H groups in total. The molecular formula is C8H13N3O3S2. The molecule has 1 aliphatic heterocycles. The summed E-state index contributed by atoms with van der Waals surface area (Å²) in [6, 6.07) is 0. The zero-order chi connectivity index (χ0) is 11.6. The van der Waals surface area contributed by atoms with Crippen LogP contribution in [0.5, 0.6) is 0 Å². The number of nitrogen functional groups attached to an aromatic ring is 1. The molecule has 0 aromatic carbocycles. The first-order valence-electron chi connectivity index (χ1n) is 4.90. The van der Waals surface area contributed by atoms with Gasteiger partial charge in [-0.2, -0.15) is 0 Å². The molecule has 16 heavy (non-hydrogen) atoms. The van der Waals surface area contributed by atoms with Crippen LogP contribution in [-0.4, -0.2) is 32.7 Å². The topological polar surface area (TPSA) is 94.3 Å². The second-order valence-corrected chi connectivity index (χ2v) is 6.56. The lowest BCUT2D eigenvalue weighted by Crippen LogP contribution is -2.31. The van der Waals surface area contributed by atoms with Crippen LogP contribution in [0, 0.1) is 0 Å². The van der Waals surface area contributed by atoms with Gasteiger partial charge >= 0.3 is 0 Å². The minimum absolute atomic E-state index is 0.0138. The molecule has 0 saturated carbocycles. The normalized spacial score (nSPS) is 21.4. The van der Waals surface area contributed by atoms with Crippen LogP contribution >= 0.6 is 11.3 Å². The molecule has 1 aromatic rings. The van der Waals surface area contributed by atoms with Gasteiger partial charge in [0.1, 0.15) is 0 Å². The Balaban J connectivity index is 1.97. The highest BCUT2D eigenvalue weighted by Crippen LogP contribution is 2.20. The monoisotopic (exact) mass is 263 g/mol. The Kier molecular flexibility index (Phi) is 3.43. The van der Waals surface area contributed by atoms with E-state index in [-0.39, 0.29) is 15.4 Å². The number of sulfonamides is 1. The quantitative estimate of drug-likeness (QED) is 0.808. The molecule has 2 rings (SSSR count). The Morgan fingerprint density at radius 1 is 1.69 bits per heavy atom. The molecule has 1 aromatic heterocycles. The van der Waals surface area contributed by atoms with E-state index in [1.807, 2.05) is 0 Å². The van der Waals surface area contributed by atoms with Crippen molar-refractivity contribution >= 4 is 26.5 Å². The fourth-order valence-electron chi connectivity index (χ4n) is 1.48. The number of nitrogens with one attached hydrogen (secondary N) is 1. The van der Waals surface area contributed by atoms with Crippen LogP contribution in [0.4, 0.5) is 5.13 Å². The number of aromatic nitrogens is 1. The maximum Gasteiger partial charge on any atom is 0.251 e. The first-order chi connectivity index (χ1) is 7.58. The summed E-state index contributed by atoms with van der Waals surface area (Å²) in [5.74, 6) is 0. The summed E-state index contributed by atoms with van der Waals surface area (Å²) in [6.07, 6.45) is 3.13. The van der Waals surface area contributed by atoms with E-state index >= 15 is 0 Å². The largest absolute Gasteiger partial charge is 0.377 e. The third-order valence-electron chi connectivity index (χ3n) is 2.29. The summed E-state index contributed by atoms with van der Waals surface area (Å²) in [4.78, 5) is 3.71. The van der Waals surface area contributed by atoms with Gasteiger partial charge in [-0.05, 0) is 12.8 Å². The number of hydrogen-bond donors (Lipinski definition) is 2. The van der Waals surface area contributed by atoms with Crippen molar-refractivity contribution in [3.8, 4) is 0 Å². The maximum atomic E-state index is 11.8. The molecule has 1 saturated heterocycles. The van der Waals surface area contributed by atoms with E-state index in [1.165, 1.54) is 6.20 Å². The molecule has 0 aliphatic carbocycles. The van der Waals surface area contributed by atoms with E-state index in [1.54, 1.807) is 0 Å². The Bertz CT molecular complexity index is 451. The van der Waals surface area contributed by atoms with Crippen LogP contribution in [-0.2, 0) is 14.8 Å². The molecule has 0 unspecified atom stereocenters. The fraction of sp³-hybridized carbons (Fsp3) is 0.625. The molecular weight excluding hydrogens is 250 g/mol. The second-order valence-electron chi connectivity index (χ2n) is 3.50. The van der Waals surface area contributed by atoms with Crippen LogP contribution in [0.15, 0.2) is 10.4 Å². The highest BCUT2D eigenvalue weighted by molar-refractivity contribution is 7.91. The van der Waals surface area contributed by atoms with Gasteiger partial charge in [-0.25, -0.2) is 18.1 Å². The molecule has 0 bridgehead atoms. The van der Waals surface area contributed by atoms with E-state index in [2.05, 4.69) is 9.71 Å².